The summed E-state index contributed by atoms with van der Waals surface area (Å²) in [5.41, 5.74) is 0.0101. The summed E-state index contributed by atoms with van der Waals surface area (Å²) in [5.74, 6) is 0. The Morgan fingerprint density at radius 1 is 1.62 bits per heavy atom. The van der Waals surface area contributed by atoms with Crippen LogP contribution in [0.25, 0.3) is 0 Å². The molecular weight excluding hydrogens is 303 g/mol. The molecule has 0 amide bonds. The SMILES string of the molecule is N#C[Se]c1ccc(Br)cc1[N+](=O)[O-]. The summed E-state index contributed by atoms with van der Waals surface area (Å²) in [5, 5.41) is 19.0. The second-order valence-electron chi connectivity index (χ2n) is 2.06. The van der Waals surface area contributed by atoms with Crippen molar-refractivity contribution in [1.29, 1.82) is 5.26 Å². The third-order valence-electron chi connectivity index (χ3n) is 1.27. The first-order valence-electron chi connectivity index (χ1n) is 3.15. The zero-order valence-electron chi connectivity index (χ0n) is 6.23. The van der Waals surface area contributed by atoms with E-state index in [4.69, 9.17) is 5.26 Å². The van der Waals surface area contributed by atoms with Crippen molar-refractivity contribution in [2.75, 3.05) is 0 Å². The molecule has 0 bridgehead atoms. The summed E-state index contributed by atoms with van der Waals surface area (Å²) in [4.78, 5) is 12.0. The van der Waals surface area contributed by atoms with Crippen molar-refractivity contribution in [3.63, 3.8) is 0 Å². The van der Waals surface area contributed by atoms with Crippen LogP contribution in [0.3, 0.4) is 0 Å². The predicted octanol–water partition coefficient (Wildman–Crippen LogP) is 1.17. The molecule has 4 nitrogen and oxygen atoms in total. The summed E-state index contributed by atoms with van der Waals surface area (Å²) >= 11 is 2.65. The number of benzene rings is 1. The molecule has 1 aromatic rings. The molecule has 13 heavy (non-hydrogen) atoms. The van der Waals surface area contributed by atoms with Crippen LogP contribution in [0.2, 0.25) is 0 Å². The van der Waals surface area contributed by atoms with Gasteiger partial charge in [0.2, 0.25) is 0 Å². The molecule has 0 saturated heterocycles. The molecule has 0 aliphatic carbocycles. The van der Waals surface area contributed by atoms with Crippen LogP contribution in [0.4, 0.5) is 5.69 Å². The number of hydrogen-bond donors (Lipinski definition) is 0. The average molecular weight is 306 g/mol. The quantitative estimate of drug-likeness (QED) is 0.468. The Kier molecular flexibility index (Phi) is 3.43. The summed E-state index contributed by atoms with van der Waals surface area (Å²) in [6.07, 6.45) is 0. The molecule has 0 spiro atoms. The van der Waals surface area contributed by atoms with E-state index in [2.05, 4.69) is 15.9 Å². The first-order valence-corrected chi connectivity index (χ1v) is 5.65. The van der Waals surface area contributed by atoms with Crippen molar-refractivity contribution in [2.45, 2.75) is 0 Å². The first kappa shape index (κ1) is 10.2. The molecule has 0 fully saturated rings. The molecule has 0 N–H and O–H groups in total. The van der Waals surface area contributed by atoms with E-state index in [-0.39, 0.29) is 5.69 Å². The van der Waals surface area contributed by atoms with E-state index >= 15 is 0 Å². The molecule has 0 radical (unpaired) electrons. The summed E-state index contributed by atoms with van der Waals surface area (Å²) < 4.78 is 1.15. The Labute approximate surface area is 89.0 Å². The van der Waals surface area contributed by atoms with Gasteiger partial charge in [0.15, 0.2) is 0 Å². The number of halogens is 1. The second-order valence-corrected chi connectivity index (χ2v) is 4.71. The number of nitro benzene ring substituents is 1. The van der Waals surface area contributed by atoms with Gasteiger partial charge < -0.3 is 0 Å². The fourth-order valence-corrected chi connectivity index (χ4v) is 2.11. The van der Waals surface area contributed by atoms with Gasteiger partial charge in [0.1, 0.15) is 0 Å². The fourth-order valence-electron chi connectivity index (χ4n) is 0.769. The molecular formula is C7H3BrN2O2Se. The standard InChI is InChI=1S/C7H3BrN2O2Se/c8-5-1-2-7(13-4-9)6(3-5)10(11)12/h1-3H. The van der Waals surface area contributed by atoms with Crippen LogP contribution in [0.15, 0.2) is 22.7 Å². The zero-order chi connectivity index (χ0) is 9.84. The molecule has 1 aromatic carbocycles. The Morgan fingerprint density at radius 3 is 2.85 bits per heavy atom. The molecule has 0 unspecified atom stereocenters. The van der Waals surface area contributed by atoms with Crippen molar-refractivity contribution in [1.82, 2.24) is 0 Å². The van der Waals surface area contributed by atoms with Crippen LogP contribution in [-0.4, -0.2) is 19.9 Å². The maximum atomic E-state index is 10.5. The van der Waals surface area contributed by atoms with Gasteiger partial charge in [-0.15, -0.1) is 0 Å². The van der Waals surface area contributed by atoms with Gasteiger partial charge in [-0.05, 0) is 0 Å². The van der Waals surface area contributed by atoms with Gasteiger partial charge in [-0.3, -0.25) is 0 Å². The van der Waals surface area contributed by atoms with E-state index in [1.165, 1.54) is 6.07 Å². The van der Waals surface area contributed by atoms with Gasteiger partial charge in [-0.2, -0.15) is 0 Å². The van der Waals surface area contributed by atoms with Gasteiger partial charge in [0, 0.05) is 0 Å². The Bertz CT molecular complexity index is 389. The van der Waals surface area contributed by atoms with Crippen molar-refractivity contribution >= 4 is 41.0 Å². The third-order valence-corrected chi connectivity index (χ3v) is 3.14. The van der Waals surface area contributed by atoms with Crippen LogP contribution in [0.1, 0.15) is 0 Å². The predicted molar refractivity (Wildman–Crippen MR) is 51.8 cm³/mol. The second kappa shape index (κ2) is 4.38. The number of rotatable bonds is 2. The minimum atomic E-state index is -0.483. The molecule has 1 rings (SSSR count). The normalized spacial score (nSPS) is 9.23. The van der Waals surface area contributed by atoms with Gasteiger partial charge in [-0.1, -0.05) is 0 Å². The third kappa shape index (κ3) is 2.52. The number of nitrogens with zero attached hydrogens (tertiary/aromatic N) is 2. The zero-order valence-corrected chi connectivity index (χ0v) is 9.53. The summed E-state index contributed by atoms with van der Waals surface area (Å²) in [6, 6.07) is 4.71. The van der Waals surface area contributed by atoms with Crippen molar-refractivity contribution in [3.05, 3.63) is 32.8 Å². The van der Waals surface area contributed by atoms with Crippen LogP contribution >= 0.6 is 15.9 Å². The first-order chi connectivity index (χ1) is 6.15. The van der Waals surface area contributed by atoms with E-state index in [9.17, 15) is 10.1 Å². The van der Waals surface area contributed by atoms with E-state index in [0.717, 1.165) is 0 Å². The van der Waals surface area contributed by atoms with Crippen LogP contribution in [0.5, 0.6) is 0 Å². The Balaban J connectivity index is 3.20. The van der Waals surface area contributed by atoms with Crippen molar-refractivity contribution in [3.8, 4) is 4.97 Å². The molecule has 0 aliphatic rings. The fraction of sp³-hybridized carbons (Fsp3) is 0. The van der Waals surface area contributed by atoms with Crippen LogP contribution in [-0.2, 0) is 0 Å². The number of nitriles is 1. The molecule has 66 valence electrons. The molecule has 0 aromatic heterocycles. The maximum absolute atomic E-state index is 10.5. The van der Waals surface area contributed by atoms with E-state index in [1.807, 2.05) is 4.97 Å². The van der Waals surface area contributed by atoms with Crippen molar-refractivity contribution < 1.29 is 4.92 Å². The van der Waals surface area contributed by atoms with E-state index in [1.54, 1.807) is 12.1 Å². The van der Waals surface area contributed by atoms with E-state index < -0.39 is 19.9 Å². The number of nitro groups is 1. The molecule has 0 saturated carbocycles. The Hall–Kier alpha value is -0.891. The van der Waals surface area contributed by atoms with Crippen LogP contribution < -0.4 is 4.46 Å². The van der Waals surface area contributed by atoms with Gasteiger partial charge in [0.05, 0.1) is 0 Å². The van der Waals surface area contributed by atoms with Gasteiger partial charge in [0.25, 0.3) is 0 Å². The van der Waals surface area contributed by atoms with Crippen molar-refractivity contribution in [2.24, 2.45) is 0 Å². The number of hydrogen-bond acceptors (Lipinski definition) is 3. The van der Waals surface area contributed by atoms with Gasteiger partial charge in [-0.25, -0.2) is 0 Å². The average Bonchev–Trinajstić information content (AvgIpc) is 2.08. The monoisotopic (exact) mass is 306 g/mol. The van der Waals surface area contributed by atoms with E-state index in [0.29, 0.717) is 8.93 Å². The topological polar surface area (TPSA) is 66.9 Å². The van der Waals surface area contributed by atoms with Crippen LogP contribution in [0, 0.1) is 20.3 Å². The van der Waals surface area contributed by atoms with Gasteiger partial charge >= 0.3 is 89.0 Å². The minimum absolute atomic E-state index is 0.0101. The molecule has 0 aliphatic heterocycles. The Morgan fingerprint density at radius 2 is 2.31 bits per heavy atom. The molecule has 6 heteroatoms. The molecule has 0 heterocycles. The summed E-state index contributed by atoms with van der Waals surface area (Å²) in [6.45, 7) is 0. The summed E-state index contributed by atoms with van der Waals surface area (Å²) in [7, 11) is 0. The molecule has 0 atom stereocenters.